The molecule has 0 spiro atoms. The van der Waals surface area contributed by atoms with E-state index in [0.717, 1.165) is 36.3 Å². The molecule has 1 aliphatic heterocycles. The molecule has 67 heavy (non-hydrogen) atoms. The van der Waals surface area contributed by atoms with Crippen molar-refractivity contribution >= 4 is 36.4 Å². The average Bonchev–Trinajstić information content (AvgIpc) is 4.06. The van der Waals surface area contributed by atoms with Gasteiger partial charge in [-0.2, -0.15) is 0 Å². The van der Waals surface area contributed by atoms with Crippen LogP contribution in [0.25, 0.3) is 0 Å². The predicted octanol–water partition coefficient (Wildman–Crippen LogP) is 7.06. The molecule has 366 valence electrons. The summed E-state index contributed by atoms with van der Waals surface area (Å²) in [5.41, 5.74) is 7.83. The van der Waals surface area contributed by atoms with Gasteiger partial charge < -0.3 is 35.6 Å². The maximum Gasteiger partial charge on any atom is 0.261 e. The van der Waals surface area contributed by atoms with E-state index in [0.29, 0.717) is 60.9 Å². The van der Waals surface area contributed by atoms with Crippen LogP contribution in [0.15, 0.2) is 73.2 Å². The first kappa shape index (κ1) is 49.6. The van der Waals surface area contributed by atoms with Crippen molar-refractivity contribution in [2.24, 2.45) is 52.1 Å². The number of likely N-dealkylation sites (tertiary alicyclic amines) is 1. The molecule has 11 nitrogen and oxygen atoms in total. The number of imidazole rings is 1. The molecule has 4 aliphatic carbocycles. The molecule has 3 aromatic rings. The molecule has 5 unspecified atom stereocenters. The Bertz CT molecular complexity index is 2090. The van der Waals surface area contributed by atoms with Gasteiger partial charge in [-0.05, 0) is 146 Å². The summed E-state index contributed by atoms with van der Waals surface area (Å²) in [5.74, 6) is 3.56. The zero-order valence-electron chi connectivity index (χ0n) is 42.1. The minimum atomic E-state index is -2.62. The monoisotopic (exact) mass is 934 g/mol. The Labute approximate surface area is 403 Å². The van der Waals surface area contributed by atoms with Crippen LogP contribution in [0.2, 0.25) is 5.04 Å². The summed E-state index contributed by atoms with van der Waals surface area (Å²) >= 11 is 0. The van der Waals surface area contributed by atoms with Gasteiger partial charge in [-0.1, -0.05) is 102 Å². The second-order valence-corrected chi connectivity index (χ2v) is 27.8. The van der Waals surface area contributed by atoms with E-state index in [2.05, 4.69) is 123 Å². The van der Waals surface area contributed by atoms with E-state index < -0.39 is 20.4 Å². The van der Waals surface area contributed by atoms with E-state index in [1.54, 1.807) is 17.4 Å². The average molecular weight is 934 g/mol. The van der Waals surface area contributed by atoms with Crippen molar-refractivity contribution in [2.45, 2.75) is 154 Å². The summed E-state index contributed by atoms with van der Waals surface area (Å²) in [6, 6.07) is 20.5. The van der Waals surface area contributed by atoms with Gasteiger partial charge in [0.15, 0.2) is 0 Å². The van der Waals surface area contributed by atoms with E-state index in [1.807, 2.05) is 19.0 Å². The van der Waals surface area contributed by atoms with E-state index in [9.17, 15) is 14.4 Å². The van der Waals surface area contributed by atoms with Crippen LogP contribution >= 0.6 is 0 Å². The Kier molecular flexibility index (Phi) is 15.0. The lowest BCUT2D eigenvalue weighted by Gasteiger charge is -2.62. The number of hydrogen-bond acceptors (Lipinski definition) is 7. The molecule has 2 heterocycles. The number of H-pyrrole nitrogens is 1. The second-order valence-electron chi connectivity index (χ2n) is 23.6. The van der Waals surface area contributed by atoms with Gasteiger partial charge in [-0.25, -0.2) is 4.98 Å². The molecule has 8 rings (SSSR count). The van der Waals surface area contributed by atoms with E-state index >= 15 is 0 Å². The third-order valence-corrected chi connectivity index (χ3v) is 23.5. The number of amides is 3. The number of nitrogens with zero attached hydrogens (tertiary/aromatic N) is 3. The normalized spacial score (nSPS) is 31.6. The Morgan fingerprint density at radius 3 is 2.24 bits per heavy atom. The number of nitrogens with one attached hydrogen (secondary N) is 3. The van der Waals surface area contributed by atoms with Gasteiger partial charge in [0.2, 0.25) is 17.7 Å². The summed E-state index contributed by atoms with van der Waals surface area (Å²) in [6.07, 6.45) is 16.9. The third-order valence-electron chi connectivity index (χ3n) is 18.4. The van der Waals surface area contributed by atoms with Crippen molar-refractivity contribution in [1.82, 2.24) is 30.4 Å². The highest BCUT2D eigenvalue weighted by molar-refractivity contribution is 6.99. The van der Waals surface area contributed by atoms with Gasteiger partial charge in [0, 0.05) is 56.5 Å². The molecule has 0 bridgehead atoms. The van der Waals surface area contributed by atoms with Crippen molar-refractivity contribution in [1.29, 1.82) is 0 Å². The highest BCUT2D eigenvalue weighted by Gasteiger charge is 2.61. The quantitative estimate of drug-likeness (QED) is 0.113. The molecular weight excluding hydrogens is 851 g/mol. The van der Waals surface area contributed by atoms with Crippen molar-refractivity contribution in [3.63, 3.8) is 0 Å². The molecule has 5 N–H and O–H groups in total. The largest absolute Gasteiger partial charge is 0.404 e. The minimum absolute atomic E-state index is 0.00357. The number of aromatic nitrogens is 2. The molecule has 3 amide bonds. The van der Waals surface area contributed by atoms with E-state index in [4.69, 9.17) is 10.2 Å². The Hall–Kier alpha value is -3.84. The number of nitrogens with two attached hydrogens (primary N) is 1. The van der Waals surface area contributed by atoms with Crippen LogP contribution in [-0.4, -0.2) is 104 Å². The molecule has 5 aliphatic rings. The molecule has 1 aromatic heterocycles. The number of carbonyl (C=O) groups is 3. The highest BCUT2D eigenvalue weighted by atomic mass is 28.4. The molecule has 12 heteroatoms. The van der Waals surface area contributed by atoms with Gasteiger partial charge in [0.1, 0.15) is 6.04 Å². The number of likely N-dealkylation sites (N-methyl/N-ethyl adjacent to an activating group) is 1. The minimum Gasteiger partial charge on any atom is -0.404 e. The van der Waals surface area contributed by atoms with Crippen LogP contribution in [0.3, 0.4) is 0 Å². The molecule has 12 atom stereocenters. The first-order valence-electron chi connectivity index (χ1n) is 26.0. The second kappa shape index (κ2) is 20.2. The van der Waals surface area contributed by atoms with Crippen LogP contribution in [0, 0.1) is 46.3 Å². The highest BCUT2D eigenvalue weighted by Crippen LogP contribution is 2.68. The van der Waals surface area contributed by atoms with Gasteiger partial charge >= 0.3 is 0 Å². The lowest BCUT2D eigenvalue weighted by molar-refractivity contribution is -0.139. The summed E-state index contributed by atoms with van der Waals surface area (Å²) in [5, 5.41) is 8.99. The van der Waals surface area contributed by atoms with Crippen molar-refractivity contribution in [2.75, 3.05) is 33.7 Å². The maximum atomic E-state index is 13.7. The SMILES string of the molecule is C[C@H](CCC(=O)N[C@H]1C[C@@H](C(=O)NCCN(C)C)N(C(=O)C(N)Cc2cnc[nH]2)C1)[C@H]1CCC2C3CCC4C[C@@H](O[Si](c5ccccc5)(c5ccccc5)C(C)(C)C)CC[C@]4(C)C3CC[C@@]21C. The first-order chi connectivity index (χ1) is 31.9. The van der Waals surface area contributed by atoms with Gasteiger partial charge in [-0.3, -0.25) is 14.4 Å². The van der Waals surface area contributed by atoms with E-state index in [1.165, 1.54) is 61.7 Å². The molecule has 1 saturated heterocycles. The van der Waals surface area contributed by atoms with Gasteiger partial charge in [0.25, 0.3) is 8.32 Å². The topological polar surface area (TPSA) is 146 Å². The fourth-order valence-electron chi connectivity index (χ4n) is 15.0. The van der Waals surface area contributed by atoms with Gasteiger partial charge in [0.05, 0.1) is 12.4 Å². The number of aromatic amines is 1. The lowest BCUT2D eigenvalue weighted by Crippen LogP contribution is -2.68. The predicted molar refractivity (Wildman–Crippen MR) is 270 cm³/mol. The molecule has 2 aromatic carbocycles. The zero-order valence-corrected chi connectivity index (χ0v) is 43.1. The maximum absolute atomic E-state index is 13.7. The van der Waals surface area contributed by atoms with Crippen LogP contribution in [0.1, 0.15) is 124 Å². The fourth-order valence-corrected chi connectivity index (χ4v) is 19.7. The third kappa shape index (κ3) is 9.98. The van der Waals surface area contributed by atoms with Crippen LogP contribution in [0.4, 0.5) is 0 Å². The van der Waals surface area contributed by atoms with Crippen LogP contribution in [-0.2, 0) is 25.2 Å². The number of benzene rings is 2. The smallest absolute Gasteiger partial charge is 0.261 e. The molecule has 4 saturated carbocycles. The number of rotatable bonds is 16. The summed E-state index contributed by atoms with van der Waals surface area (Å²) in [6.45, 7) is 16.3. The summed E-state index contributed by atoms with van der Waals surface area (Å²) in [4.78, 5) is 51.6. The Morgan fingerprint density at radius 2 is 1.60 bits per heavy atom. The van der Waals surface area contributed by atoms with Crippen molar-refractivity contribution in [3.8, 4) is 0 Å². The van der Waals surface area contributed by atoms with Crippen molar-refractivity contribution < 1.29 is 18.8 Å². The molecule has 0 radical (unpaired) electrons. The fraction of sp³-hybridized carbons (Fsp3) is 0.673. The summed E-state index contributed by atoms with van der Waals surface area (Å²) < 4.78 is 7.79. The first-order valence-corrected chi connectivity index (χ1v) is 27.9. The Morgan fingerprint density at radius 1 is 0.925 bits per heavy atom. The lowest BCUT2D eigenvalue weighted by atomic mass is 9.44. The van der Waals surface area contributed by atoms with Crippen LogP contribution < -0.4 is 26.7 Å². The number of hydrogen-bond donors (Lipinski definition) is 4. The van der Waals surface area contributed by atoms with E-state index in [-0.39, 0.29) is 41.5 Å². The zero-order chi connectivity index (χ0) is 47.7. The molecular formula is C55H83N7O4Si. The molecule has 5 fully saturated rings. The van der Waals surface area contributed by atoms with Crippen molar-refractivity contribution in [3.05, 3.63) is 78.9 Å². The Balaban J connectivity index is 0.872. The summed E-state index contributed by atoms with van der Waals surface area (Å²) in [7, 11) is 1.29. The number of fused-ring (bicyclic) bond motifs is 5. The van der Waals surface area contributed by atoms with Gasteiger partial charge in [-0.15, -0.1) is 0 Å². The standard InChI is InChI=1S/C55H83N7O4Si/c1-37(19-24-50(63)60-40-33-49(51(64)58-29-30-61(7)8)62(35-40)52(65)48(56)32-39-34-57-36-59-39)45-22-23-46-44-21-20-38-31-41(25-27-54(38,5)47(44)26-28-55(45,46)6)66-67(53(2,3)4,42-15-11-9-12-16-42)43-17-13-10-14-18-43/h9-18,34,36-38,40-41,44-49H,19-33,35,56H2,1-8H3,(H,57,59)(H,58,64)(H,60,63)/t37-,38?,40+,41+,44?,45-,46?,47?,48?,49+,54+,55-/m1/s1. The van der Waals surface area contributed by atoms with Crippen LogP contribution in [0.5, 0.6) is 0 Å². The number of carbonyl (C=O) groups excluding carboxylic acids is 3.